The van der Waals surface area contributed by atoms with Gasteiger partial charge in [0.1, 0.15) is 0 Å². The van der Waals surface area contributed by atoms with E-state index in [1.807, 2.05) is 0 Å². The molecule has 0 heterocycles. The number of rotatable bonds is 7. The molecule has 0 N–H and O–H groups in total. The minimum Gasteiger partial charge on any atom is -0.212 e. The number of halogens is 1. The molecule has 5 heteroatoms. The van der Waals surface area contributed by atoms with Crippen LogP contribution in [0.2, 0.25) is 0 Å². The average Bonchev–Trinajstić information content (AvgIpc) is 2.35. The summed E-state index contributed by atoms with van der Waals surface area (Å²) in [6, 6.07) is 0. The molecule has 0 spiro atoms. The summed E-state index contributed by atoms with van der Waals surface area (Å²) in [5, 5.41) is 0.893. The third-order valence-electron chi connectivity index (χ3n) is 3.51. The fraction of sp³-hybridized carbons (Fsp3) is 1.00. The van der Waals surface area contributed by atoms with Crippen molar-refractivity contribution in [2.75, 3.05) is 18.9 Å². The topological polar surface area (TPSA) is 37.4 Å². The Bertz CT molecular complexity index is 300. The van der Waals surface area contributed by atoms with Crippen molar-refractivity contribution in [3.8, 4) is 0 Å². The predicted molar refractivity (Wildman–Crippen MR) is 76.1 cm³/mol. The first-order valence-electron chi connectivity index (χ1n) is 6.60. The lowest BCUT2D eigenvalue weighted by Crippen LogP contribution is -2.37. The summed E-state index contributed by atoms with van der Waals surface area (Å²) >= 11 is 3.39. The number of hydrogen-bond acceptors (Lipinski definition) is 2. The summed E-state index contributed by atoms with van der Waals surface area (Å²) in [6.07, 6.45) is 8.23. The third-order valence-corrected chi connectivity index (χ3v) is 6.44. The predicted octanol–water partition coefficient (Wildman–Crippen LogP) is 3.15. The maximum atomic E-state index is 12.3. The number of unbranched alkanes of at least 4 members (excludes halogenated alkanes) is 2. The molecule has 1 rings (SSSR count). The Hall–Kier alpha value is 0.390. The molecule has 1 fully saturated rings. The van der Waals surface area contributed by atoms with Crippen LogP contribution in [0.4, 0.5) is 0 Å². The average molecular weight is 326 g/mol. The molecule has 102 valence electrons. The van der Waals surface area contributed by atoms with Crippen molar-refractivity contribution in [3.05, 3.63) is 0 Å². The molecule has 1 aliphatic carbocycles. The van der Waals surface area contributed by atoms with Gasteiger partial charge in [0.25, 0.3) is 0 Å². The van der Waals surface area contributed by atoms with E-state index in [0.717, 1.165) is 50.3 Å². The molecule has 0 unspecified atom stereocenters. The fourth-order valence-electron chi connectivity index (χ4n) is 2.35. The second-order valence-electron chi connectivity index (χ2n) is 4.88. The van der Waals surface area contributed by atoms with Crippen molar-refractivity contribution >= 4 is 26.0 Å². The monoisotopic (exact) mass is 325 g/mol. The quantitative estimate of drug-likeness (QED) is 0.532. The van der Waals surface area contributed by atoms with Crippen molar-refractivity contribution in [1.82, 2.24) is 4.31 Å². The van der Waals surface area contributed by atoms with Gasteiger partial charge in [-0.1, -0.05) is 41.6 Å². The Labute approximate surface area is 114 Å². The molecule has 0 aromatic rings. The van der Waals surface area contributed by atoms with Crippen LogP contribution in [0.1, 0.15) is 51.4 Å². The first kappa shape index (κ1) is 15.4. The third kappa shape index (κ3) is 4.87. The van der Waals surface area contributed by atoms with Crippen LogP contribution >= 0.6 is 15.9 Å². The number of sulfonamides is 1. The minimum atomic E-state index is -3.03. The molecule has 0 amide bonds. The van der Waals surface area contributed by atoms with E-state index < -0.39 is 10.0 Å². The van der Waals surface area contributed by atoms with Crippen molar-refractivity contribution in [3.63, 3.8) is 0 Å². The smallest absolute Gasteiger partial charge is 0.212 e. The first-order valence-corrected chi connectivity index (χ1v) is 9.22. The van der Waals surface area contributed by atoms with Gasteiger partial charge in [0.2, 0.25) is 10.0 Å². The lowest BCUT2D eigenvalue weighted by molar-refractivity contribution is 0.418. The zero-order valence-electron chi connectivity index (χ0n) is 10.7. The van der Waals surface area contributed by atoms with Crippen molar-refractivity contribution in [2.24, 2.45) is 0 Å². The highest BCUT2D eigenvalue weighted by Gasteiger charge is 2.30. The SMILES string of the molecule is CN(CCCCCBr)S(=O)(=O)C1CCCCC1. The highest BCUT2D eigenvalue weighted by molar-refractivity contribution is 9.09. The molecule has 0 saturated heterocycles. The molecule has 1 aliphatic rings. The van der Waals surface area contributed by atoms with E-state index in [9.17, 15) is 8.42 Å². The number of nitrogens with zero attached hydrogens (tertiary/aromatic N) is 1. The van der Waals surface area contributed by atoms with E-state index in [0.29, 0.717) is 6.54 Å². The van der Waals surface area contributed by atoms with Crippen LogP contribution in [0, 0.1) is 0 Å². The van der Waals surface area contributed by atoms with Gasteiger partial charge in [-0.25, -0.2) is 12.7 Å². The summed E-state index contributed by atoms with van der Waals surface area (Å²) in [5.41, 5.74) is 0. The second kappa shape index (κ2) is 7.74. The van der Waals surface area contributed by atoms with Crippen LogP contribution in [-0.2, 0) is 10.0 Å². The van der Waals surface area contributed by atoms with Crippen LogP contribution in [-0.4, -0.2) is 36.9 Å². The van der Waals surface area contributed by atoms with Crippen LogP contribution in [0.15, 0.2) is 0 Å². The van der Waals surface area contributed by atoms with Gasteiger partial charge in [0.15, 0.2) is 0 Å². The van der Waals surface area contributed by atoms with Gasteiger partial charge in [-0.05, 0) is 25.7 Å². The number of hydrogen-bond donors (Lipinski definition) is 0. The molecule has 3 nitrogen and oxygen atoms in total. The van der Waals surface area contributed by atoms with E-state index in [1.165, 1.54) is 6.42 Å². The molecule has 0 radical (unpaired) electrons. The molecule has 0 aromatic heterocycles. The summed E-state index contributed by atoms with van der Waals surface area (Å²) in [7, 11) is -1.29. The van der Waals surface area contributed by atoms with Crippen molar-refractivity contribution < 1.29 is 8.42 Å². The molecular weight excluding hydrogens is 302 g/mol. The normalized spacial score (nSPS) is 18.8. The van der Waals surface area contributed by atoms with Crippen molar-refractivity contribution in [2.45, 2.75) is 56.6 Å². The Balaban J connectivity index is 2.39. The zero-order chi connectivity index (χ0) is 12.7. The van der Waals surface area contributed by atoms with E-state index in [2.05, 4.69) is 15.9 Å². The molecule has 17 heavy (non-hydrogen) atoms. The highest BCUT2D eigenvalue weighted by atomic mass is 79.9. The molecule has 0 atom stereocenters. The Morgan fingerprint density at radius 1 is 1.12 bits per heavy atom. The van der Waals surface area contributed by atoms with E-state index in [1.54, 1.807) is 11.4 Å². The molecule has 1 saturated carbocycles. The van der Waals surface area contributed by atoms with Gasteiger partial charge < -0.3 is 0 Å². The van der Waals surface area contributed by atoms with E-state index in [4.69, 9.17) is 0 Å². The van der Waals surface area contributed by atoms with Gasteiger partial charge in [-0.15, -0.1) is 0 Å². The summed E-state index contributed by atoms with van der Waals surface area (Å²) in [5.74, 6) is 0. The van der Waals surface area contributed by atoms with Crippen LogP contribution in [0.5, 0.6) is 0 Å². The molecule has 0 aromatic carbocycles. The minimum absolute atomic E-state index is 0.113. The largest absolute Gasteiger partial charge is 0.216 e. The summed E-state index contributed by atoms with van der Waals surface area (Å²) in [4.78, 5) is 0. The van der Waals surface area contributed by atoms with E-state index >= 15 is 0 Å². The van der Waals surface area contributed by atoms with E-state index in [-0.39, 0.29) is 5.25 Å². The van der Waals surface area contributed by atoms with Crippen LogP contribution < -0.4 is 0 Å². The molecule has 0 aliphatic heterocycles. The zero-order valence-corrected chi connectivity index (χ0v) is 13.1. The summed E-state index contributed by atoms with van der Waals surface area (Å²) < 4.78 is 26.1. The Morgan fingerprint density at radius 3 is 2.35 bits per heavy atom. The maximum Gasteiger partial charge on any atom is 0.216 e. The van der Waals surface area contributed by atoms with Gasteiger partial charge in [-0.3, -0.25) is 0 Å². The summed E-state index contributed by atoms with van der Waals surface area (Å²) in [6.45, 7) is 0.672. The second-order valence-corrected chi connectivity index (χ2v) is 7.99. The number of alkyl halides is 1. The fourth-order valence-corrected chi connectivity index (χ4v) is 4.57. The Morgan fingerprint density at radius 2 is 1.76 bits per heavy atom. The van der Waals surface area contributed by atoms with Gasteiger partial charge in [0.05, 0.1) is 5.25 Å². The lowest BCUT2D eigenvalue weighted by Gasteiger charge is -2.27. The van der Waals surface area contributed by atoms with Crippen molar-refractivity contribution in [1.29, 1.82) is 0 Å². The molecular formula is C12H24BrNO2S. The first-order chi connectivity index (χ1) is 8.09. The Kier molecular flexibility index (Phi) is 7.04. The maximum absolute atomic E-state index is 12.3. The van der Waals surface area contributed by atoms with Gasteiger partial charge >= 0.3 is 0 Å². The molecule has 0 bridgehead atoms. The highest BCUT2D eigenvalue weighted by Crippen LogP contribution is 2.25. The van der Waals surface area contributed by atoms with Crippen LogP contribution in [0.25, 0.3) is 0 Å². The van der Waals surface area contributed by atoms with Crippen LogP contribution in [0.3, 0.4) is 0 Å². The lowest BCUT2D eigenvalue weighted by atomic mass is 10.0. The van der Waals surface area contributed by atoms with Gasteiger partial charge in [0, 0.05) is 18.9 Å². The van der Waals surface area contributed by atoms with Gasteiger partial charge in [-0.2, -0.15) is 0 Å². The standard InChI is InChI=1S/C12H24BrNO2S/c1-14(11-7-3-6-10-13)17(15,16)12-8-4-2-5-9-12/h12H,2-11H2,1H3.